The Morgan fingerprint density at radius 3 is 2.25 bits per heavy atom. The van der Waals surface area contributed by atoms with Gasteiger partial charge in [0.05, 0.1) is 0 Å². The lowest BCUT2D eigenvalue weighted by atomic mass is 9.87. The van der Waals surface area contributed by atoms with E-state index in [-0.39, 0.29) is 17.3 Å². The summed E-state index contributed by atoms with van der Waals surface area (Å²) in [4.78, 5) is 22.9. The number of carbonyl (C=O) groups is 2. The van der Waals surface area contributed by atoms with Crippen molar-refractivity contribution in [3.8, 4) is 0 Å². The predicted molar refractivity (Wildman–Crippen MR) is 67.5 cm³/mol. The molecule has 0 fully saturated rings. The zero-order valence-corrected chi connectivity index (χ0v) is 10.5. The average molecular weight is 236 g/mol. The van der Waals surface area contributed by atoms with E-state index in [0.717, 1.165) is 5.56 Å². The molecular weight excluding hydrogens is 220 g/mol. The quantitative estimate of drug-likeness (QED) is 0.797. The van der Waals surface area contributed by atoms with Crippen molar-refractivity contribution >= 4 is 23.5 Å². The first-order chi connectivity index (χ1) is 7.42. The van der Waals surface area contributed by atoms with Gasteiger partial charge in [-0.05, 0) is 5.56 Å². The maximum absolute atomic E-state index is 11.7. The van der Waals surface area contributed by atoms with E-state index in [4.69, 9.17) is 0 Å². The number of hydrogen-bond acceptors (Lipinski definition) is 2. The Balaban J connectivity index is 2.58. The van der Waals surface area contributed by atoms with Crippen molar-refractivity contribution in [1.29, 1.82) is 0 Å². The van der Waals surface area contributed by atoms with Gasteiger partial charge in [-0.1, -0.05) is 44.2 Å². The molecule has 0 atom stereocenters. The van der Waals surface area contributed by atoms with Crippen molar-refractivity contribution in [2.45, 2.75) is 26.7 Å². The highest BCUT2D eigenvalue weighted by Gasteiger charge is 2.27. The second kappa shape index (κ2) is 5.30. The van der Waals surface area contributed by atoms with Gasteiger partial charge in [0, 0.05) is 18.3 Å². The first-order valence-corrected chi connectivity index (χ1v) is 5.65. The van der Waals surface area contributed by atoms with Crippen molar-refractivity contribution in [2.24, 2.45) is 5.41 Å². The van der Waals surface area contributed by atoms with Crippen molar-refractivity contribution < 1.29 is 9.59 Å². The van der Waals surface area contributed by atoms with Crippen LogP contribution in [0.2, 0.25) is 0 Å². The molecule has 0 unspecified atom stereocenters. The molecular formula is C13H16O2S. The van der Waals surface area contributed by atoms with Crippen LogP contribution in [0.3, 0.4) is 0 Å². The predicted octanol–water partition coefficient (Wildman–Crippen LogP) is 2.67. The van der Waals surface area contributed by atoms with Gasteiger partial charge in [-0.15, -0.1) is 12.6 Å². The van der Waals surface area contributed by atoms with Crippen LogP contribution in [0.1, 0.15) is 25.8 Å². The average Bonchev–Trinajstić information content (AvgIpc) is 2.17. The maximum atomic E-state index is 11.7. The molecule has 1 rings (SSSR count). The topological polar surface area (TPSA) is 34.1 Å². The fraction of sp³-hybridized carbons (Fsp3) is 0.385. The summed E-state index contributed by atoms with van der Waals surface area (Å²) in [7, 11) is 0. The van der Waals surface area contributed by atoms with Crippen LogP contribution in [0.5, 0.6) is 0 Å². The fourth-order valence-corrected chi connectivity index (χ4v) is 1.53. The van der Waals surface area contributed by atoms with Gasteiger partial charge < -0.3 is 0 Å². The molecule has 0 radical (unpaired) electrons. The van der Waals surface area contributed by atoms with Crippen LogP contribution in [0, 0.1) is 5.41 Å². The van der Waals surface area contributed by atoms with Crippen LogP contribution in [0.25, 0.3) is 0 Å². The highest BCUT2D eigenvalue weighted by atomic mass is 32.1. The lowest BCUT2D eigenvalue weighted by Crippen LogP contribution is -2.24. The molecule has 86 valence electrons. The van der Waals surface area contributed by atoms with Crippen LogP contribution in [-0.2, 0) is 16.0 Å². The molecule has 0 aliphatic heterocycles. The molecule has 0 aromatic heterocycles. The molecule has 0 bridgehead atoms. The highest BCUT2D eigenvalue weighted by molar-refractivity contribution is 7.96. The Bertz CT molecular complexity index is 382. The van der Waals surface area contributed by atoms with Gasteiger partial charge in [-0.3, -0.25) is 9.59 Å². The molecule has 1 aromatic carbocycles. The number of Topliss-reactive ketones (excluding diaryl/α,β-unsaturated/α-hetero) is 1. The van der Waals surface area contributed by atoms with Crippen molar-refractivity contribution in [2.75, 3.05) is 0 Å². The van der Waals surface area contributed by atoms with E-state index in [1.54, 1.807) is 13.8 Å². The normalized spacial score (nSPS) is 11.2. The SMILES string of the molecule is CC(C)(CC(=O)Cc1ccccc1)C(=O)S. The Hall–Kier alpha value is -1.09. The van der Waals surface area contributed by atoms with E-state index in [1.807, 2.05) is 30.3 Å². The van der Waals surface area contributed by atoms with Gasteiger partial charge in [0.1, 0.15) is 5.78 Å². The Kier molecular flexibility index (Phi) is 4.30. The number of benzene rings is 1. The second-order valence-corrected chi connectivity index (χ2v) is 4.97. The third kappa shape index (κ3) is 3.81. The van der Waals surface area contributed by atoms with E-state index in [0.29, 0.717) is 6.42 Å². The van der Waals surface area contributed by atoms with Gasteiger partial charge in [-0.2, -0.15) is 0 Å². The molecule has 0 aliphatic rings. The summed E-state index contributed by atoms with van der Waals surface area (Å²) in [5, 5.41) is -0.242. The summed E-state index contributed by atoms with van der Waals surface area (Å²) in [6.45, 7) is 3.48. The highest BCUT2D eigenvalue weighted by Crippen LogP contribution is 2.24. The molecule has 2 nitrogen and oxygen atoms in total. The smallest absolute Gasteiger partial charge is 0.191 e. The van der Waals surface area contributed by atoms with Crippen LogP contribution >= 0.6 is 12.6 Å². The van der Waals surface area contributed by atoms with Crippen LogP contribution in [0.15, 0.2) is 30.3 Å². The molecule has 0 saturated carbocycles. The zero-order valence-electron chi connectivity index (χ0n) is 9.56. The second-order valence-electron chi connectivity index (χ2n) is 4.57. The van der Waals surface area contributed by atoms with Crippen LogP contribution in [-0.4, -0.2) is 10.9 Å². The molecule has 0 spiro atoms. The van der Waals surface area contributed by atoms with Crippen LogP contribution < -0.4 is 0 Å². The maximum Gasteiger partial charge on any atom is 0.191 e. The lowest BCUT2D eigenvalue weighted by Gasteiger charge is -2.18. The molecule has 0 heterocycles. The molecule has 3 heteroatoms. The summed E-state index contributed by atoms with van der Waals surface area (Å²) in [5.74, 6) is 0.0681. The van der Waals surface area contributed by atoms with Crippen molar-refractivity contribution in [1.82, 2.24) is 0 Å². The summed E-state index contributed by atoms with van der Waals surface area (Å²) >= 11 is 3.79. The Morgan fingerprint density at radius 1 is 1.19 bits per heavy atom. The first kappa shape index (κ1) is 13.0. The Labute approximate surface area is 101 Å². The summed E-state index contributed by atoms with van der Waals surface area (Å²) in [5.41, 5.74) is 0.310. The van der Waals surface area contributed by atoms with E-state index in [2.05, 4.69) is 12.6 Å². The number of thiol groups is 1. The monoisotopic (exact) mass is 236 g/mol. The third-order valence-corrected chi connectivity index (χ3v) is 3.07. The first-order valence-electron chi connectivity index (χ1n) is 5.21. The zero-order chi connectivity index (χ0) is 12.2. The molecule has 0 amide bonds. The number of carbonyl (C=O) groups excluding carboxylic acids is 2. The van der Waals surface area contributed by atoms with Crippen molar-refractivity contribution in [3.05, 3.63) is 35.9 Å². The minimum absolute atomic E-state index is 0.0681. The number of ketones is 1. The molecule has 0 N–H and O–H groups in total. The Morgan fingerprint density at radius 2 is 1.75 bits per heavy atom. The standard InChI is InChI=1S/C13H16O2S/c1-13(2,12(15)16)9-11(14)8-10-6-4-3-5-7-10/h3-7H,8-9H2,1-2H3,(H,15,16). The van der Waals surface area contributed by atoms with Gasteiger partial charge in [-0.25, -0.2) is 0 Å². The van der Waals surface area contributed by atoms with Gasteiger partial charge in [0.2, 0.25) is 0 Å². The molecule has 0 saturated heterocycles. The van der Waals surface area contributed by atoms with E-state index in [9.17, 15) is 9.59 Å². The van der Waals surface area contributed by atoms with Gasteiger partial charge in [0.25, 0.3) is 0 Å². The third-order valence-electron chi connectivity index (χ3n) is 2.46. The van der Waals surface area contributed by atoms with E-state index in [1.165, 1.54) is 0 Å². The fourth-order valence-electron chi connectivity index (χ4n) is 1.45. The number of hydrogen-bond donors (Lipinski definition) is 1. The van der Waals surface area contributed by atoms with Crippen LogP contribution in [0.4, 0.5) is 0 Å². The van der Waals surface area contributed by atoms with E-state index >= 15 is 0 Å². The molecule has 16 heavy (non-hydrogen) atoms. The largest absolute Gasteiger partial charge is 0.299 e. The van der Waals surface area contributed by atoms with Gasteiger partial charge >= 0.3 is 0 Å². The lowest BCUT2D eigenvalue weighted by molar-refractivity contribution is -0.126. The molecule has 0 aliphatic carbocycles. The minimum atomic E-state index is -0.672. The van der Waals surface area contributed by atoms with Gasteiger partial charge in [0.15, 0.2) is 5.12 Å². The summed E-state index contributed by atoms with van der Waals surface area (Å²) in [6, 6.07) is 9.53. The summed E-state index contributed by atoms with van der Waals surface area (Å²) in [6.07, 6.45) is 0.621. The van der Waals surface area contributed by atoms with Crippen molar-refractivity contribution in [3.63, 3.8) is 0 Å². The number of rotatable bonds is 5. The summed E-state index contributed by atoms with van der Waals surface area (Å²) < 4.78 is 0. The van der Waals surface area contributed by atoms with E-state index < -0.39 is 5.41 Å². The molecule has 1 aromatic rings. The minimum Gasteiger partial charge on any atom is -0.299 e.